The summed E-state index contributed by atoms with van der Waals surface area (Å²) in [5.74, 6) is -0.274. The Morgan fingerprint density at radius 2 is 1.90 bits per heavy atom. The molecule has 30 heavy (non-hydrogen) atoms. The van der Waals surface area contributed by atoms with E-state index in [9.17, 15) is 8.42 Å². The summed E-state index contributed by atoms with van der Waals surface area (Å²) in [6, 6.07) is 16.4. The summed E-state index contributed by atoms with van der Waals surface area (Å²) >= 11 is 1.42. The van der Waals surface area contributed by atoms with Crippen molar-refractivity contribution < 1.29 is 17.5 Å². The Labute approximate surface area is 181 Å². The lowest BCUT2D eigenvalue weighted by Gasteiger charge is -2.20. The molecule has 2 aromatic carbocycles. The highest BCUT2D eigenvalue weighted by molar-refractivity contribution is 7.85. The molecule has 0 bridgehead atoms. The van der Waals surface area contributed by atoms with Gasteiger partial charge < -0.3 is 4.90 Å². The lowest BCUT2D eigenvalue weighted by Crippen LogP contribution is -2.31. The van der Waals surface area contributed by atoms with Gasteiger partial charge >= 0.3 is 5.13 Å². The van der Waals surface area contributed by atoms with E-state index in [4.69, 9.17) is 4.55 Å². The van der Waals surface area contributed by atoms with Crippen molar-refractivity contribution in [3.63, 3.8) is 0 Å². The van der Waals surface area contributed by atoms with Gasteiger partial charge in [-0.05, 0) is 52.7 Å². The van der Waals surface area contributed by atoms with E-state index in [1.54, 1.807) is 0 Å². The third-order valence-corrected chi connectivity index (χ3v) is 6.18. The fraction of sp³-hybridized carbons (Fsp3) is 0.286. The SMILES string of the molecule is Cc1cc(N(C)Cc2ccccc2)ccc1N=Nc1scc[n+]1CCCS(=O)(=O)O. The zero-order valence-electron chi connectivity index (χ0n) is 17.0. The summed E-state index contributed by atoms with van der Waals surface area (Å²) in [4.78, 5) is 2.19. The second kappa shape index (κ2) is 9.92. The molecular formula is C21H25N4O3S2+. The van der Waals surface area contributed by atoms with Crippen LogP contribution in [0.25, 0.3) is 0 Å². The first-order valence-electron chi connectivity index (χ1n) is 9.51. The van der Waals surface area contributed by atoms with E-state index in [1.165, 1.54) is 16.9 Å². The Morgan fingerprint density at radius 1 is 1.13 bits per heavy atom. The molecule has 3 aromatic rings. The Balaban J connectivity index is 1.66. The maximum atomic E-state index is 10.9. The summed E-state index contributed by atoms with van der Waals surface area (Å²) in [7, 11) is -1.89. The van der Waals surface area contributed by atoms with Crippen LogP contribution < -0.4 is 9.47 Å². The lowest BCUT2D eigenvalue weighted by atomic mass is 10.1. The fourth-order valence-corrected chi connectivity index (χ4v) is 4.20. The molecule has 1 N–H and O–H groups in total. The van der Waals surface area contributed by atoms with Crippen LogP contribution in [-0.2, 0) is 23.2 Å². The highest BCUT2D eigenvalue weighted by Crippen LogP contribution is 2.27. The van der Waals surface area contributed by atoms with Crippen molar-refractivity contribution in [2.75, 3.05) is 17.7 Å². The van der Waals surface area contributed by atoms with Crippen LogP contribution in [0.5, 0.6) is 0 Å². The van der Waals surface area contributed by atoms with Crippen LogP contribution in [0.2, 0.25) is 0 Å². The number of nitrogens with zero attached hydrogens (tertiary/aromatic N) is 4. The average Bonchev–Trinajstić information content (AvgIpc) is 3.14. The summed E-state index contributed by atoms with van der Waals surface area (Å²) in [6.07, 6.45) is 2.14. The molecule has 0 atom stereocenters. The number of aryl methyl sites for hydroxylation is 2. The summed E-state index contributed by atoms with van der Waals surface area (Å²) in [5, 5.41) is 11.3. The first-order chi connectivity index (χ1) is 14.3. The Hall–Kier alpha value is -2.62. The van der Waals surface area contributed by atoms with Crippen molar-refractivity contribution in [1.82, 2.24) is 0 Å². The molecule has 1 heterocycles. The van der Waals surface area contributed by atoms with Gasteiger partial charge in [-0.2, -0.15) is 8.42 Å². The Kier molecular flexibility index (Phi) is 7.30. The number of azo groups is 1. The van der Waals surface area contributed by atoms with Crippen LogP contribution >= 0.6 is 11.3 Å². The second-order valence-electron chi connectivity index (χ2n) is 7.03. The number of rotatable bonds is 9. The molecule has 0 aliphatic heterocycles. The zero-order chi connectivity index (χ0) is 21.6. The quantitative estimate of drug-likeness (QED) is 0.294. The van der Waals surface area contributed by atoms with E-state index in [0.717, 1.165) is 23.5 Å². The normalized spacial score (nSPS) is 11.8. The standard InChI is InChI=1S/C21H24N4O3S2/c1-17-15-19(24(2)16-18-7-4-3-5-8-18)9-10-20(17)22-23-21-25(12-13-29-21)11-6-14-30(26,27)28/h3-5,7-10,12-13,15H,6,11,14,16H2,1-2H3/p+1. The van der Waals surface area contributed by atoms with Crippen LogP contribution in [0.15, 0.2) is 70.3 Å². The van der Waals surface area contributed by atoms with Gasteiger partial charge in [-0.25, -0.2) is 4.57 Å². The van der Waals surface area contributed by atoms with E-state index in [2.05, 4.69) is 40.4 Å². The molecule has 7 nitrogen and oxygen atoms in total. The number of thiazole rings is 1. The van der Waals surface area contributed by atoms with Gasteiger partial charge in [-0.1, -0.05) is 30.3 Å². The molecule has 0 unspecified atom stereocenters. The van der Waals surface area contributed by atoms with Gasteiger partial charge in [0.15, 0.2) is 0 Å². The van der Waals surface area contributed by atoms with Crippen LogP contribution in [0.4, 0.5) is 16.5 Å². The average molecular weight is 446 g/mol. The van der Waals surface area contributed by atoms with E-state index < -0.39 is 10.1 Å². The van der Waals surface area contributed by atoms with E-state index in [1.807, 2.05) is 53.4 Å². The molecule has 0 spiro atoms. The molecule has 9 heteroatoms. The van der Waals surface area contributed by atoms with Crippen molar-refractivity contribution in [2.45, 2.75) is 26.4 Å². The molecule has 1 aromatic heterocycles. The molecule has 3 rings (SSSR count). The number of hydrogen-bond donors (Lipinski definition) is 1. The number of aromatic nitrogens is 1. The summed E-state index contributed by atoms with van der Waals surface area (Å²) in [5.41, 5.74) is 4.15. The van der Waals surface area contributed by atoms with E-state index in [0.29, 0.717) is 18.1 Å². The van der Waals surface area contributed by atoms with Gasteiger partial charge in [0, 0.05) is 31.1 Å². The van der Waals surface area contributed by atoms with Crippen LogP contribution in [0.3, 0.4) is 0 Å². The monoisotopic (exact) mass is 445 g/mol. The van der Waals surface area contributed by atoms with Gasteiger partial charge in [0.05, 0.1) is 17.4 Å². The van der Waals surface area contributed by atoms with Crippen molar-refractivity contribution >= 4 is 38.0 Å². The second-order valence-corrected chi connectivity index (χ2v) is 9.48. The molecule has 0 saturated carbocycles. The molecule has 158 valence electrons. The Morgan fingerprint density at radius 3 is 2.60 bits per heavy atom. The van der Waals surface area contributed by atoms with Crippen molar-refractivity contribution in [2.24, 2.45) is 10.2 Å². The highest BCUT2D eigenvalue weighted by atomic mass is 32.2. The first kappa shape index (κ1) is 22.1. The van der Waals surface area contributed by atoms with Crippen LogP contribution in [0, 0.1) is 6.92 Å². The smallest absolute Gasteiger partial charge is 0.370 e. The molecule has 0 aliphatic rings. The summed E-state index contributed by atoms with van der Waals surface area (Å²) in [6.45, 7) is 3.27. The largest absolute Gasteiger partial charge is 0.408 e. The maximum absolute atomic E-state index is 10.9. The summed E-state index contributed by atoms with van der Waals surface area (Å²) < 4.78 is 32.4. The maximum Gasteiger partial charge on any atom is 0.408 e. The number of hydrogen-bond acceptors (Lipinski definition) is 6. The molecule has 0 aliphatic carbocycles. The highest BCUT2D eigenvalue weighted by Gasteiger charge is 2.14. The van der Waals surface area contributed by atoms with Gasteiger partial charge in [-0.15, -0.1) is 0 Å². The van der Waals surface area contributed by atoms with Crippen molar-refractivity contribution in [1.29, 1.82) is 0 Å². The first-order valence-corrected chi connectivity index (χ1v) is 12.0. The zero-order valence-corrected chi connectivity index (χ0v) is 18.6. The number of benzene rings is 2. The third kappa shape index (κ3) is 6.45. The van der Waals surface area contributed by atoms with Crippen LogP contribution in [0.1, 0.15) is 17.5 Å². The van der Waals surface area contributed by atoms with Gasteiger partial charge in [0.1, 0.15) is 11.9 Å². The Bertz CT molecular complexity index is 1110. The van der Waals surface area contributed by atoms with Crippen molar-refractivity contribution in [3.05, 3.63) is 71.2 Å². The minimum Gasteiger partial charge on any atom is -0.370 e. The molecular weight excluding hydrogens is 420 g/mol. The molecule has 0 amide bonds. The van der Waals surface area contributed by atoms with E-state index >= 15 is 0 Å². The predicted molar refractivity (Wildman–Crippen MR) is 119 cm³/mol. The van der Waals surface area contributed by atoms with Crippen LogP contribution in [-0.4, -0.2) is 25.8 Å². The van der Waals surface area contributed by atoms with Crippen molar-refractivity contribution in [3.8, 4) is 0 Å². The van der Waals surface area contributed by atoms with Gasteiger partial charge in [0.2, 0.25) is 0 Å². The van der Waals surface area contributed by atoms with Gasteiger partial charge in [0.25, 0.3) is 10.1 Å². The molecule has 0 radical (unpaired) electrons. The predicted octanol–water partition coefficient (Wildman–Crippen LogP) is 4.67. The van der Waals surface area contributed by atoms with E-state index in [-0.39, 0.29) is 5.75 Å². The molecule has 0 fully saturated rings. The fourth-order valence-electron chi connectivity index (χ4n) is 3.00. The minimum atomic E-state index is -3.95. The minimum absolute atomic E-state index is 0.274. The molecule has 0 saturated heterocycles. The third-order valence-electron chi connectivity index (χ3n) is 4.59. The van der Waals surface area contributed by atoms with Gasteiger partial charge in [-0.3, -0.25) is 4.55 Å². The lowest BCUT2D eigenvalue weighted by molar-refractivity contribution is -0.680. The number of anilines is 1. The topological polar surface area (TPSA) is 86.2 Å².